The summed E-state index contributed by atoms with van der Waals surface area (Å²) in [6.07, 6.45) is 7.29. The molecule has 6 aliphatic rings. The number of Topliss-reactive ketones (excluding diaryl/α,β-unsaturated/α-hetero) is 1. The molecule has 146 heavy (non-hydrogen) atoms. The molecule has 1 aliphatic carbocycles. The predicted octanol–water partition coefficient (Wildman–Crippen LogP) is 8.67. The number of unbranched alkanes of at least 4 members (excludes halogenated alkanes) is 1. The Bertz CT molecular complexity index is 4770. The van der Waals surface area contributed by atoms with Crippen LogP contribution in [0, 0.1) is 28.4 Å². The van der Waals surface area contributed by atoms with Gasteiger partial charge in [-0.15, -0.1) is 0 Å². The summed E-state index contributed by atoms with van der Waals surface area (Å²) in [5, 5.41) is 110. The molecule has 0 radical (unpaired) electrons. The number of ether oxygens (including phenoxy) is 13. The highest BCUT2D eigenvalue weighted by Gasteiger charge is 2.78. The van der Waals surface area contributed by atoms with E-state index in [0.717, 1.165) is 74.1 Å². The van der Waals surface area contributed by atoms with Gasteiger partial charge >= 0.3 is 36.2 Å². The molecule has 1 saturated carbocycles. The van der Waals surface area contributed by atoms with Crippen LogP contribution >= 0.6 is 21.6 Å². The molecule has 42 nitrogen and oxygen atoms in total. The molecule has 4 aromatic rings. The van der Waals surface area contributed by atoms with E-state index < -0.39 is 130 Å². The van der Waals surface area contributed by atoms with Gasteiger partial charge in [-0.05, 0) is 195 Å². The maximum atomic E-state index is 15.2. The zero-order valence-corrected chi connectivity index (χ0v) is 88.9. The first-order valence-corrected chi connectivity index (χ1v) is 52.3. The van der Waals surface area contributed by atoms with Gasteiger partial charge in [-0.2, -0.15) is 9.59 Å². The van der Waals surface area contributed by atoms with Crippen LogP contribution in [0.3, 0.4) is 0 Å². The van der Waals surface area contributed by atoms with Gasteiger partial charge < -0.3 is 128 Å². The Morgan fingerprint density at radius 1 is 0.678 bits per heavy atom. The molecule has 2 saturated heterocycles. The van der Waals surface area contributed by atoms with Crippen LogP contribution < -0.4 is 15.5 Å². The fourth-order valence-corrected chi connectivity index (χ4v) is 22.2. The number of fused-ring (bicyclic) bond motifs is 6. The molecule has 14 unspecified atom stereocenters. The highest BCUT2D eigenvalue weighted by molar-refractivity contribution is 8.77. The van der Waals surface area contributed by atoms with Gasteiger partial charge in [0.05, 0.1) is 99.9 Å². The van der Waals surface area contributed by atoms with E-state index in [1.807, 2.05) is 34.7 Å². The number of hydrogen-bond donors (Lipinski definition) is 12. The normalized spacial score (nSPS) is 23.4. The van der Waals surface area contributed by atoms with Crippen molar-refractivity contribution in [3.05, 3.63) is 105 Å². The standard InChI is InChI=1S/C61H87N5O12.C22H35N3O9S2.C11H20O7.C7H16O4.CO2/c1-9-41(35-67)78-51(75-8)36-77-50(70)22-16-21-49(69)62-39(5)53(71)76-29-15-14-20-48(68)61(74)55-60(25-28-66-26-17-24-59(11-3,54(60)66)56(61)72)45-31-44(38(4)30-47(45)64(55)7)57(6)32-40-33-58(73,10-2)37-65(34-40)27-23-43-42-18-12-13-19-46(42)63-52(43)57;1-5-17(14-26)34-20(31-4)15-33-21(28)32-12-9-18(27)23-11-6-10-22(2,3)36-35-19-8-7-16(13-24-19)25(29)30;1-3-8(6-12)18-11(16-2)7-17-10(15)5-4-9(13)14;1-3-6(4-8)11-7(5-9)10-2;2-1-3/h12-13,17-19,24,30-31,39-41,51,54-56,63,67,72-74H,9-11,14-16,20-23,25-29,32-37H2,1-8H3,(H,62,69);7-8,13,17,20,26H,5-6,9-12,14-15H2,1-4H3,(H,23,27);8,11-12H,3-7H2,1-2H3,(H,13,14);6-9H,3-5H2,1-2H3;/t39?,40?,41?,51?,54?,55?,56-,57-,58?,59-,60-,61+;;;;/m1..../s1. The number of nitro groups is 1. The zero-order valence-electron chi connectivity index (χ0n) is 87.3. The summed E-state index contributed by atoms with van der Waals surface area (Å²) < 4.78 is 66.6. The van der Waals surface area contributed by atoms with Crippen LogP contribution in [0.4, 0.5) is 16.2 Å². The van der Waals surface area contributed by atoms with Crippen molar-refractivity contribution in [3.8, 4) is 0 Å². The fourth-order valence-electron chi connectivity index (χ4n) is 20.0. The third kappa shape index (κ3) is 35.1. The summed E-state index contributed by atoms with van der Waals surface area (Å²) in [6, 6.07) is 14.4. The number of para-hydroxylation sites is 1. The number of aromatic nitrogens is 2. The maximum absolute atomic E-state index is 15.2. The number of anilines is 1. The average molecular weight is 2100 g/mol. The summed E-state index contributed by atoms with van der Waals surface area (Å²) in [5.74, 6) is -3.76. The number of ketones is 1. The molecule has 1 spiro atoms. The first-order valence-electron chi connectivity index (χ1n) is 50.2. The first-order chi connectivity index (χ1) is 69.6. The quantitative estimate of drug-likeness (QED) is 0.00287. The lowest BCUT2D eigenvalue weighted by atomic mass is 9.47. The molecule has 2 amide bonds. The lowest BCUT2D eigenvalue weighted by molar-refractivity contribution is -0.385. The number of aliphatic hydroxyl groups excluding tert-OH is 6. The summed E-state index contributed by atoms with van der Waals surface area (Å²) in [6.45, 7) is 24.8. The first kappa shape index (κ1) is 126. The van der Waals surface area contributed by atoms with Crippen LogP contribution in [0.1, 0.15) is 226 Å². The number of esters is 3. The molecular weight excluding hydrogens is 1950 g/mol. The van der Waals surface area contributed by atoms with Crippen LogP contribution in [-0.2, 0) is 122 Å². The average Bonchev–Trinajstić information content (AvgIpc) is 1.47. The van der Waals surface area contributed by atoms with Crippen LogP contribution in [-0.4, -0.2) is 355 Å². The van der Waals surface area contributed by atoms with Crippen molar-refractivity contribution < 1.29 is 160 Å². The van der Waals surface area contributed by atoms with E-state index >= 15 is 4.79 Å². The highest BCUT2D eigenvalue weighted by atomic mass is 33.1. The topological polar surface area (TPSA) is 578 Å². The van der Waals surface area contributed by atoms with E-state index in [1.165, 1.54) is 80.6 Å². The number of rotatable bonds is 56. The number of H-pyrrole nitrogens is 1. The summed E-state index contributed by atoms with van der Waals surface area (Å²) >= 11 is 0. The summed E-state index contributed by atoms with van der Waals surface area (Å²) in [7, 11) is 10.7. The third-order valence-corrected chi connectivity index (χ3v) is 30.9. The number of methoxy groups -OCH3 is 4. The number of benzene rings is 2. The van der Waals surface area contributed by atoms with Gasteiger partial charge in [-0.3, -0.25) is 48.7 Å². The van der Waals surface area contributed by atoms with E-state index in [0.29, 0.717) is 76.0 Å². The molecule has 822 valence electrons. The largest absolute Gasteiger partial charge is 0.508 e. The zero-order chi connectivity index (χ0) is 108. The molecule has 44 heteroatoms. The number of aliphatic hydroxyl groups is 8. The van der Waals surface area contributed by atoms with Crippen molar-refractivity contribution in [3.63, 3.8) is 0 Å². The van der Waals surface area contributed by atoms with Crippen LogP contribution in [0.15, 0.2) is 71.9 Å². The molecule has 7 heterocycles. The number of carboxylic acids is 1. The number of aryl methyl sites for hydroxylation is 1. The molecule has 2 aromatic carbocycles. The number of aromatic amines is 1. The number of nitrogens with one attached hydrogen (secondary N) is 3. The number of piperidine rings is 1. The molecule has 2 aromatic heterocycles. The summed E-state index contributed by atoms with van der Waals surface area (Å²) in [5.41, 5.74) is 2.88. The predicted molar refractivity (Wildman–Crippen MR) is 538 cm³/mol. The van der Waals surface area contributed by atoms with Crippen LogP contribution in [0.25, 0.3) is 10.9 Å². The Morgan fingerprint density at radius 2 is 1.27 bits per heavy atom. The second kappa shape index (κ2) is 62.1. The monoisotopic (exact) mass is 2100 g/mol. The fraction of sp³-hybridized carbons (Fsp3) is 0.706. The number of nitrogens with zero attached hydrogens (tertiary/aromatic N) is 5. The number of carboxylic acid groups (broad SMARTS) is 1. The van der Waals surface area contributed by atoms with E-state index in [4.69, 9.17) is 96.7 Å². The molecule has 3 fully saturated rings. The molecular formula is C102H158N8O34S2. The van der Waals surface area contributed by atoms with Gasteiger partial charge in [0.15, 0.2) is 36.5 Å². The van der Waals surface area contributed by atoms with Gasteiger partial charge in [0.2, 0.25) is 11.8 Å². The molecule has 10 rings (SSSR count). The minimum Gasteiger partial charge on any atom is -0.481 e. The number of aliphatic carboxylic acids is 1. The molecule has 2 bridgehead atoms. The molecule has 5 aliphatic heterocycles. The van der Waals surface area contributed by atoms with Gasteiger partial charge in [-0.25, -0.2) is 14.6 Å². The van der Waals surface area contributed by atoms with Gasteiger partial charge in [0, 0.05) is 143 Å². The van der Waals surface area contributed by atoms with Gasteiger partial charge in [0.1, 0.15) is 49.8 Å². The number of carbonyl (C=O) groups excluding carboxylic acids is 9. The minimum atomic E-state index is -2.17. The second-order valence-electron chi connectivity index (χ2n) is 38.1. The number of hydrogen-bond acceptors (Lipinski definition) is 39. The Morgan fingerprint density at radius 3 is 1.82 bits per heavy atom. The van der Waals surface area contributed by atoms with Crippen molar-refractivity contribution in [1.29, 1.82) is 0 Å². The van der Waals surface area contributed by atoms with Crippen molar-refractivity contribution in [2.24, 2.45) is 11.3 Å². The van der Waals surface area contributed by atoms with E-state index in [1.54, 1.807) is 16.9 Å². The van der Waals surface area contributed by atoms with Crippen LogP contribution in [0.2, 0.25) is 0 Å². The molecule has 19 atom stereocenters. The maximum Gasteiger partial charge on any atom is 0.508 e. The number of amides is 2. The van der Waals surface area contributed by atoms with Crippen LogP contribution in [0.5, 0.6) is 0 Å². The van der Waals surface area contributed by atoms with E-state index in [-0.39, 0.29) is 164 Å². The summed E-state index contributed by atoms with van der Waals surface area (Å²) in [4.78, 5) is 140. The SMILES string of the molecule is CCC(CO)OC(CO)OC.CCC(CO)OC(COC(=O)CCC(=O)O)OC.CCC(CO)OC(COC(=O)CCCC(=O)NC(C)C(=O)OCCCCC(=O)[C@]1(O)C2N(C)c3cc(C)c([C@@]4(C)CC5CN(CCc6c4[nH]c4ccccc64)CC(O)(CC)C5)cc3[C@@]23CCN2CC=C[C@](CC)(C23)[C@H]1O)OC.CCC(CO)OC(COC(=O)OCCC(=O)NCCCC(C)(C)SSc1ccc([N+](=O)[O-])cn1)OC.O=C=O. The Labute approximate surface area is 862 Å². The van der Waals surface area contributed by atoms with Gasteiger partial charge in [-0.1, -0.05) is 88.8 Å². The number of likely N-dealkylation sites (N-methyl/N-ethyl adjacent to an activating group) is 1. The lowest BCUT2D eigenvalue weighted by Gasteiger charge is -2.63. The van der Waals surface area contributed by atoms with Crippen molar-refractivity contribution in [2.45, 2.75) is 317 Å². The van der Waals surface area contributed by atoms with Gasteiger partial charge in [0.25, 0.3) is 5.69 Å². The lowest BCUT2D eigenvalue weighted by Crippen LogP contribution is -2.80. The number of carbonyl (C=O) groups is 8. The Kier molecular flexibility index (Phi) is 53.5. The Balaban J connectivity index is 0.000000391. The Hall–Kier alpha value is -8.81. The van der Waals surface area contributed by atoms with Crippen molar-refractivity contribution in [2.75, 3.05) is 146 Å². The third-order valence-electron chi connectivity index (χ3n) is 27.7. The highest BCUT2D eigenvalue weighted by Crippen LogP contribution is 2.68. The van der Waals surface area contributed by atoms with E-state index in [2.05, 4.69) is 125 Å². The smallest absolute Gasteiger partial charge is 0.481 e. The van der Waals surface area contributed by atoms with Crippen molar-refractivity contribution in [1.82, 2.24) is 30.4 Å². The van der Waals surface area contributed by atoms with E-state index in [9.17, 15) is 64.1 Å². The number of pyridine rings is 1. The second-order valence-corrected chi connectivity index (χ2v) is 41.0. The minimum absolute atomic E-state index is 0.00152. The van der Waals surface area contributed by atoms with Crippen molar-refractivity contribution >= 4 is 97.6 Å². The molecule has 12 N–H and O–H groups in total.